The number of imide groups is 1. The van der Waals surface area contributed by atoms with Gasteiger partial charge in [0.2, 0.25) is 11.8 Å². The van der Waals surface area contributed by atoms with E-state index >= 15 is 0 Å². The predicted octanol–water partition coefficient (Wildman–Crippen LogP) is 2.10. The molecular formula is C11H9BrFNO2. The fraction of sp³-hybridized carbons (Fsp3) is 0.273. The highest BCUT2D eigenvalue weighted by molar-refractivity contribution is 9.09. The van der Waals surface area contributed by atoms with E-state index < -0.39 is 0 Å². The molecule has 1 aromatic rings. The monoisotopic (exact) mass is 285 g/mol. The average Bonchev–Trinajstić information content (AvgIpc) is 2.56. The van der Waals surface area contributed by atoms with Crippen molar-refractivity contribution in [3.8, 4) is 0 Å². The fourth-order valence-corrected chi connectivity index (χ4v) is 2.18. The van der Waals surface area contributed by atoms with Gasteiger partial charge in [-0.15, -0.1) is 0 Å². The van der Waals surface area contributed by atoms with Crippen molar-refractivity contribution in [1.29, 1.82) is 0 Å². The summed E-state index contributed by atoms with van der Waals surface area (Å²) >= 11 is 3.20. The van der Waals surface area contributed by atoms with Crippen molar-refractivity contribution < 1.29 is 14.0 Å². The van der Waals surface area contributed by atoms with Crippen molar-refractivity contribution in [2.45, 2.75) is 6.42 Å². The molecule has 0 saturated carbocycles. The molecule has 0 spiro atoms. The van der Waals surface area contributed by atoms with E-state index in [2.05, 4.69) is 15.9 Å². The van der Waals surface area contributed by atoms with Crippen LogP contribution < -0.4 is 4.90 Å². The van der Waals surface area contributed by atoms with Gasteiger partial charge < -0.3 is 0 Å². The van der Waals surface area contributed by atoms with E-state index in [9.17, 15) is 14.0 Å². The average molecular weight is 286 g/mol. The maximum atomic E-state index is 12.7. The van der Waals surface area contributed by atoms with E-state index in [0.29, 0.717) is 11.0 Å². The van der Waals surface area contributed by atoms with Crippen LogP contribution in [0.3, 0.4) is 0 Å². The van der Waals surface area contributed by atoms with Crippen LogP contribution in [0.1, 0.15) is 6.42 Å². The Balaban J connectivity index is 2.31. The molecule has 1 aliphatic rings. The summed E-state index contributed by atoms with van der Waals surface area (Å²) in [5.41, 5.74) is 0.430. The molecule has 84 valence electrons. The molecule has 1 unspecified atom stereocenters. The number of benzene rings is 1. The van der Waals surface area contributed by atoms with Crippen molar-refractivity contribution in [3.63, 3.8) is 0 Å². The summed E-state index contributed by atoms with van der Waals surface area (Å²) in [6.07, 6.45) is 0.210. The standard InChI is InChI=1S/C11H9BrFNO2/c12-6-7-5-10(15)14(11(7)16)9-3-1-8(13)2-4-9/h1-4,7H,5-6H2. The zero-order valence-corrected chi connectivity index (χ0v) is 9.91. The van der Waals surface area contributed by atoms with Crippen molar-refractivity contribution in [2.24, 2.45) is 5.92 Å². The summed E-state index contributed by atoms with van der Waals surface area (Å²) in [4.78, 5) is 24.6. The lowest BCUT2D eigenvalue weighted by atomic mass is 10.1. The Hall–Kier alpha value is -1.23. The van der Waals surface area contributed by atoms with Crippen molar-refractivity contribution in [1.82, 2.24) is 0 Å². The van der Waals surface area contributed by atoms with E-state index in [1.807, 2.05) is 0 Å². The van der Waals surface area contributed by atoms with Gasteiger partial charge in [-0.25, -0.2) is 4.39 Å². The van der Waals surface area contributed by atoms with Gasteiger partial charge in [0, 0.05) is 11.8 Å². The van der Waals surface area contributed by atoms with Gasteiger partial charge in [-0.05, 0) is 24.3 Å². The molecule has 1 fully saturated rings. The van der Waals surface area contributed by atoms with Crippen LogP contribution in [-0.2, 0) is 9.59 Å². The number of carbonyl (C=O) groups is 2. The molecule has 0 aromatic heterocycles. The van der Waals surface area contributed by atoms with Crippen LogP contribution in [0.4, 0.5) is 10.1 Å². The number of carbonyl (C=O) groups excluding carboxylic acids is 2. The Morgan fingerprint density at radius 1 is 1.31 bits per heavy atom. The minimum Gasteiger partial charge on any atom is -0.274 e. The zero-order valence-electron chi connectivity index (χ0n) is 8.32. The van der Waals surface area contributed by atoms with Crippen LogP contribution in [0.15, 0.2) is 24.3 Å². The molecule has 0 N–H and O–H groups in total. The molecular weight excluding hydrogens is 277 g/mol. The van der Waals surface area contributed by atoms with Crippen molar-refractivity contribution in [3.05, 3.63) is 30.1 Å². The highest BCUT2D eigenvalue weighted by Gasteiger charge is 2.38. The first-order valence-corrected chi connectivity index (χ1v) is 5.94. The van der Waals surface area contributed by atoms with E-state index in [4.69, 9.17) is 0 Å². The first-order chi connectivity index (χ1) is 7.63. The maximum Gasteiger partial charge on any atom is 0.238 e. The lowest BCUT2D eigenvalue weighted by molar-refractivity contribution is -0.122. The second-order valence-electron chi connectivity index (χ2n) is 3.60. The van der Waals surface area contributed by atoms with Crippen LogP contribution in [0.5, 0.6) is 0 Å². The molecule has 1 atom stereocenters. The van der Waals surface area contributed by atoms with Crippen LogP contribution >= 0.6 is 15.9 Å². The molecule has 1 aromatic carbocycles. The second kappa shape index (κ2) is 4.33. The molecule has 3 nitrogen and oxygen atoms in total. The number of alkyl halides is 1. The van der Waals surface area contributed by atoms with E-state index in [1.54, 1.807) is 0 Å². The quantitative estimate of drug-likeness (QED) is 0.616. The van der Waals surface area contributed by atoms with Crippen molar-refractivity contribution >= 4 is 33.4 Å². The Bertz CT molecular complexity index is 432. The molecule has 5 heteroatoms. The number of hydrogen-bond acceptors (Lipinski definition) is 2. The van der Waals surface area contributed by atoms with Gasteiger partial charge in [-0.2, -0.15) is 0 Å². The Morgan fingerprint density at radius 3 is 2.44 bits per heavy atom. The number of halogens is 2. The van der Waals surface area contributed by atoms with Crippen molar-refractivity contribution in [2.75, 3.05) is 10.2 Å². The minimum absolute atomic E-state index is 0.210. The van der Waals surface area contributed by atoms with Gasteiger partial charge in [-0.1, -0.05) is 15.9 Å². The topological polar surface area (TPSA) is 37.4 Å². The number of nitrogens with zero attached hydrogens (tertiary/aromatic N) is 1. The highest BCUT2D eigenvalue weighted by Crippen LogP contribution is 2.27. The minimum atomic E-state index is -0.389. The number of rotatable bonds is 2. The Morgan fingerprint density at radius 2 is 1.94 bits per heavy atom. The van der Waals surface area contributed by atoms with Crippen LogP contribution in [0.25, 0.3) is 0 Å². The second-order valence-corrected chi connectivity index (χ2v) is 4.25. The first-order valence-electron chi connectivity index (χ1n) is 4.82. The van der Waals surface area contributed by atoms with Crippen LogP contribution in [-0.4, -0.2) is 17.1 Å². The lowest BCUT2D eigenvalue weighted by Gasteiger charge is -2.14. The summed E-state index contributed by atoms with van der Waals surface area (Å²) in [5.74, 6) is -1.16. The van der Waals surface area contributed by atoms with E-state index in [0.717, 1.165) is 4.90 Å². The summed E-state index contributed by atoms with van der Waals surface area (Å²) in [6.45, 7) is 0. The Kier molecular flexibility index (Phi) is 3.05. The molecule has 0 aliphatic carbocycles. The zero-order chi connectivity index (χ0) is 11.7. The number of anilines is 1. The molecule has 2 amide bonds. The van der Waals surface area contributed by atoms with Crippen LogP contribution in [0, 0.1) is 11.7 Å². The van der Waals surface area contributed by atoms with Gasteiger partial charge in [0.15, 0.2) is 0 Å². The first kappa shape index (κ1) is 11.3. The SMILES string of the molecule is O=C1CC(CBr)C(=O)N1c1ccc(F)cc1. The third-order valence-corrected chi connectivity index (χ3v) is 3.29. The number of hydrogen-bond donors (Lipinski definition) is 0. The van der Waals surface area contributed by atoms with Gasteiger partial charge >= 0.3 is 0 Å². The lowest BCUT2D eigenvalue weighted by Crippen LogP contribution is -2.30. The predicted molar refractivity (Wildman–Crippen MR) is 60.8 cm³/mol. The van der Waals surface area contributed by atoms with Gasteiger partial charge in [-0.3, -0.25) is 14.5 Å². The van der Waals surface area contributed by atoms with Gasteiger partial charge in [0.25, 0.3) is 0 Å². The number of amides is 2. The maximum absolute atomic E-state index is 12.7. The normalized spacial score (nSPS) is 20.6. The highest BCUT2D eigenvalue weighted by atomic mass is 79.9. The van der Waals surface area contributed by atoms with Gasteiger partial charge in [0.05, 0.1) is 11.6 Å². The summed E-state index contributed by atoms with van der Waals surface area (Å²) in [7, 11) is 0. The van der Waals surface area contributed by atoms with E-state index in [1.165, 1.54) is 24.3 Å². The van der Waals surface area contributed by atoms with Gasteiger partial charge in [0.1, 0.15) is 5.82 Å². The summed E-state index contributed by atoms with van der Waals surface area (Å²) in [6, 6.07) is 5.33. The fourth-order valence-electron chi connectivity index (χ4n) is 1.68. The summed E-state index contributed by atoms with van der Waals surface area (Å²) < 4.78 is 12.7. The molecule has 16 heavy (non-hydrogen) atoms. The Labute approximate surface area is 100 Å². The molecule has 1 heterocycles. The molecule has 2 rings (SSSR count). The van der Waals surface area contributed by atoms with Crippen LogP contribution in [0.2, 0.25) is 0 Å². The largest absolute Gasteiger partial charge is 0.274 e. The summed E-state index contributed by atoms with van der Waals surface area (Å²) in [5, 5.41) is 0.468. The van der Waals surface area contributed by atoms with E-state index in [-0.39, 0.29) is 30.0 Å². The molecule has 1 saturated heterocycles. The third-order valence-electron chi connectivity index (χ3n) is 2.51. The molecule has 0 bridgehead atoms. The third kappa shape index (κ3) is 1.87. The molecule has 1 aliphatic heterocycles. The smallest absolute Gasteiger partial charge is 0.238 e. The molecule has 0 radical (unpaired) electrons.